The number of benzene rings is 2. The van der Waals surface area contributed by atoms with E-state index in [2.05, 4.69) is 0 Å². The smallest absolute Gasteiger partial charge is 0.366 e. The Morgan fingerprint density at radius 1 is 0.926 bits per heavy atom. The van der Waals surface area contributed by atoms with Gasteiger partial charge in [0.05, 0.1) is 6.61 Å². The maximum atomic E-state index is 12.5. The molecule has 1 heterocycles. The Morgan fingerprint density at radius 3 is 2.11 bits per heavy atom. The number of rotatable bonds is 7. The quantitative estimate of drug-likeness (QED) is 0.652. The first-order chi connectivity index (χ1) is 13.1. The van der Waals surface area contributed by atoms with Crippen LogP contribution in [0.3, 0.4) is 0 Å². The number of ether oxygens (including phenoxy) is 1. The second kappa shape index (κ2) is 8.51. The molecule has 1 N–H and O–H groups in total. The molecule has 0 aliphatic heterocycles. The molecule has 0 amide bonds. The summed E-state index contributed by atoms with van der Waals surface area (Å²) < 4.78 is 7.16. The molecule has 0 unspecified atom stereocenters. The average molecular weight is 366 g/mol. The summed E-state index contributed by atoms with van der Waals surface area (Å²) >= 11 is 0. The van der Waals surface area contributed by atoms with Gasteiger partial charge in [-0.15, -0.1) is 0 Å². The van der Waals surface area contributed by atoms with Crippen LogP contribution in [0.15, 0.2) is 70.3 Å². The van der Waals surface area contributed by atoms with E-state index in [4.69, 9.17) is 4.74 Å². The van der Waals surface area contributed by atoms with Crippen molar-refractivity contribution in [3.63, 3.8) is 0 Å². The monoisotopic (exact) mass is 366 g/mol. The van der Waals surface area contributed by atoms with Gasteiger partial charge in [-0.2, -0.15) is 0 Å². The van der Waals surface area contributed by atoms with Crippen molar-refractivity contribution in [3.8, 4) is 0 Å². The van der Waals surface area contributed by atoms with Gasteiger partial charge >= 0.3 is 5.69 Å². The first kappa shape index (κ1) is 18.7. The third-order valence-corrected chi connectivity index (χ3v) is 4.43. The molecule has 2 aromatic carbocycles. The summed E-state index contributed by atoms with van der Waals surface area (Å²) in [4.78, 5) is 24.9. The number of hydrogen-bond acceptors (Lipinski definition) is 4. The van der Waals surface area contributed by atoms with E-state index in [0.717, 1.165) is 11.1 Å². The van der Waals surface area contributed by atoms with Gasteiger partial charge in [-0.05, 0) is 17.5 Å². The van der Waals surface area contributed by atoms with Crippen molar-refractivity contribution in [1.82, 2.24) is 9.30 Å². The second-order valence-corrected chi connectivity index (χ2v) is 6.23. The Hall–Kier alpha value is -3.12. The Bertz CT molecular complexity index is 1010. The highest BCUT2D eigenvalue weighted by Gasteiger charge is 2.18. The second-order valence-electron chi connectivity index (χ2n) is 6.23. The van der Waals surface area contributed by atoms with Crippen LogP contribution in [-0.2, 0) is 30.9 Å². The van der Waals surface area contributed by atoms with Crippen LogP contribution in [0, 0.1) is 0 Å². The van der Waals surface area contributed by atoms with Gasteiger partial charge < -0.3 is 9.94 Å². The van der Waals surface area contributed by atoms with Gasteiger partial charge in [0.25, 0.3) is 5.56 Å². The van der Waals surface area contributed by atoms with Crippen molar-refractivity contribution in [2.75, 3.05) is 0 Å². The van der Waals surface area contributed by atoms with Crippen LogP contribution >= 0.6 is 0 Å². The van der Waals surface area contributed by atoms with Crippen LogP contribution in [0.25, 0.3) is 0 Å². The van der Waals surface area contributed by atoms with E-state index < -0.39 is 11.2 Å². The molecular weight excluding hydrogens is 344 g/mol. The summed E-state index contributed by atoms with van der Waals surface area (Å²) in [5.41, 5.74) is 1.41. The van der Waals surface area contributed by atoms with Crippen molar-refractivity contribution in [2.45, 2.75) is 33.1 Å². The van der Waals surface area contributed by atoms with Gasteiger partial charge in [0.2, 0.25) is 0 Å². The summed E-state index contributed by atoms with van der Waals surface area (Å²) in [7, 11) is 0. The fourth-order valence-electron chi connectivity index (χ4n) is 3.07. The largest absolute Gasteiger partial charge is 0.421 e. The van der Waals surface area contributed by atoms with Gasteiger partial charge in [0.15, 0.2) is 0 Å². The third kappa shape index (κ3) is 4.17. The first-order valence-corrected chi connectivity index (χ1v) is 8.84. The van der Waals surface area contributed by atoms with Gasteiger partial charge in [-0.3, -0.25) is 9.36 Å². The van der Waals surface area contributed by atoms with E-state index in [9.17, 15) is 14.8 Å². The van der Waals surface area contributed by atoms with Crippen LogP contribution in [0.2, 0.25) is 0 Å². The van der Waals surface area contributed by atoms with Gasteiger partial charge in [0, 0.05) is 17.7 Å². The molecule has 0 bridgehead atoms. The van der Waals surface area contributed by atoms with Crippen LogP contribution in [0.5, 0.6) is 0 Å². The van der Waals surface area contributed by atoms with Crippen molar-refractivity contribution >= 4 is 0 Å². The average Bonchev–Trinajstić information content (AvgIpc) is 2.71. The molecule has 0 aliphatic rings. The molecule has 0 atom stereocenters. The fraction of sp³-hybridized carbons (Fsp3) is 0.238. The van der Waals surface area contributed by atoms with Crippen molar-refractivity contribution < 1.29 is 9.94 Å². The van der Waals surface area contributed by atoms with E-state index in [1.54, 1.807) is 0 Å². The molecular formula is C21H22N2O4. The Morgan fingerprint density at radius 2 is 1.52 bits per heavy atom. The lowest BCUT2D eigenvalue weighted by molar-refractivity contribution is 0.0499. The van der Waals surface area contributed by atoms with E-state index >= 15 is 0 Å². The predicted molar refractivity (Wildman–Crippen MR) is 102 cm³/mol. The molecule has 3 rings (SSSR count). The summed E-state index contributed by atoms with van der Waals surface area (Å²) in [6, 6.07) is 19.1. The number of nitrogens with zero attached hydrogens (tertiary/aromatic N) is 2. The van der Waals surface area contributed by atoms with Gasteiger partial charge in [-0.1, -0.05) is 72.3 Å². The maximum Gasteiger partial charge on any atom is 0.366 e. The van der Waals surface area contributed by atoms with Gasteiger partial charge in [0.1, 0.15) is 6.73 Å². The van der Waals surface area contributed by atoms with Crippen molar-refractivity contribution in [3.05, 3.63) is 104 Å². The summed E-state index contributed by atoms with van der Waals surface area (Å²) in [6.45, 7) is 2.16. The molecule has 6 nitrogen and oxygen atoms in total. The number of aromatic nitrogens is 2. The summed E-state index contributed by atoms with van der Waals surface area (Å²) in [5.74, 6) is 0. The molecule has 27 heavy (non-hydrogen) atoms. The summed E-state index contributed by atoms with van der Waals surface area (Å²) in [6.07, 6.45) is 0.810. The minimum atomic E-state index is -0.790. The van der Waals surface area contributed by atoms with Crippen LogP contribution in [0.1, 0.15) is 29.3 Å². The topological polar surface area (TPSA) is 73.5 Å². The van der Waals surface area contributed by atoms with Crippen LogP contribution in [0.4, 0.5) is 0 Å². The third-order valence-electron chi connectivity index (χ3n) is 4.43. The van der Waals surface area contributed by atoms with E-state index in [1.165, 1.54) is 4.57 Å². The highest BCUT2D eigenvalue weighted by atomic mass is 16.5. The minimum absolute atomic E-state index is 0.0421. The molecule has 6 heteroatoms. The molecule has 0 aliphatic carbocycles. The molecule has 0 radical (unpaired) electrons. The SMILES string of the molecule is CCc1c(Cc2ccccc2)c(=O)n(O)c(=O)n1COCc1ccccc1. The standard InChI is InChI=1S/C21H22N2O4/c1-2-19-18(13-16-9-5-3-6-10-16)20(24)23(26)21(25)22(19)15-27-14-17-11-7-4-8-12-17/h3-12,26H,2,13-15H2,1H3. The van der Waals surface area contributed by atoms with E-state index in [0.29, 0.717) is 30.7 Å². The molecule has 0 fully saturated rings. The highest BCUT2D eigenvalue weighted by molar-refractivity contribution is 5.27. The lowest BCUT2D eigenvalue weighted by Crippen LogP contribution is -2.43. The lowest BCUT2D eigenvalue weighted by atomic mass is 10.0. The summed E-state index contributed by atoms with van der Waals surface area (Å²) in [5, 5.41) is 10.00. The zero-order valence-electron chi connectivity index (χ0n) is 15.2. The zero-order chi connectivity index (χ0) is 19.2. The van der Waals surface area contributed by atoms with E-state index in [1.807, 2.05) is 67.6 Å². The molecule has 0 spiro atoms. The number of hydrogen-bond donors (Lipinski definition) is 1. The Kier molecular flexibility index (Phi) is 5.88. The highest BCUT2D eigenvalue weighted by Crippen LogP contribution is 2.11. The molecule has 1 aromatic heterocycles. The minimum Gasteiger partial charge on any atom is -0.421 e. The lowest BCUT2D eigenvalue weighted by Gasteiger charge is -2.17. The van der Waals surface area contributed by atoms with E-state index in [-0.39, 0.29) is 11.5 Å². The molecule has 0 saturated carbocycles. The normalized spacial score (nSPS) is 10.9. The maximum absolute atomic E-state index is 12.5. The van der Waals surface area contributed by atoms with Crippen LogP contribution < -0.4 is 11.2 Å². The van der Waals surface area contributed by atoms with Crippen molar-refractivity contribution in [1.29, 1.82) is 0 Å². The van der Waals surface area contributed by atoms with Gasteiger partial charge in [-0.25, -0.2) is 4.79 Å². The Labute approximate surface area is 156 Å². The molecule has 3 aromatic rings. The van der Waals surface area contributed by atoms with Crippen molar-refractivity contribution in [2.24, 2.45) is 0 Å². The molecule has 140 valence electrons. The zero-order valence-corrected chi connectivity index (χ0v) is 15.2. The Balaban J connectivity index is 1.92. The van der Waals surface area contributed by atoms with Crippen LogP contribution in [-0.4, -0.2) is 14.5 Å². The molecule has 0 saturated heterocycles. The predicted octanol–water partition coefficient (Wildman–Crippen LogP) is 2.57. The fourth-order valence-corrected chi connectivity index (χ4v) is 3.07. The first-order valence-electron chi connectivity index (χ1n) is 8.84.